The molecule has 1 aliphatic carbocycles. The van der Waals surface area contributed by atoms with Gasteiger partial charge in [0.05, 0.1) is 11.1 Å². The zero-order valence-electron chi connectivity index (χ0n) is 11.9. The summed E-state index contributed by atoms with van der Waals surface area (Å²) in [4.78, 5) is 4.11. The van der Waals surface area contributed by atoms with Crippen LogP contribution in [0.2, 0.25) is 0 Å². The van der Waals surface area contributed by atoms with Crippen LogP contribution >= 0.6 is 15.9 Å². The molecule has 0 amide bonds. The molecule has 0 spiro atoms. The first-order chi connectivity index (χ1) is 10.3. The molecule has 1 heterocycles. The molecule has 1 aromatic carbocycles. The third-order valence-electron chi connectivity index (χ3n) is 3.54. The standard InChI is InChI=1S/C17H19BrN2O/c18-16-10-14(12-20-15-4-5-15)3-6-17(16)21-9-7-13-2-1-8-19-11-13/h1-3,6,8,10-11,15,20H,4-5,7,9,12H2. The number of hydrogen-bond acceptors (Lipinski definition) is 3. The minimum atomic E-state index is 0.657. The van der Waals surface area contributed by atoms with Gasteiger partial charge in [-0.15, -0.1) is 0 Å². The first kappa shape index (κ1) is 14.5. The minimum Gasteiger partial charge on any atom is -0.492 e. The fraction of sp³-hybridized carbons (Fsp3) is 0.353. The second-order valence-electron chi connectivity index (χ2n) is 5.38. The van der Waals surface area contributed by atoms with Crippen molar-refractivity contribution in [1.29, 1.82) is 0 Å². The van der Waals surface area contributed by atoms with Crippen LogP contribution in [0.1, 0.15) is 24.0 Å². The topological polar surface area (TPSA) is 34.1 Å². The first-order valence-corrected chi connectivity index (χ1v) is 8.14. The fourth-order valence-corrected chi connectivity index (χ4v) is 2.69. The van der Waals surface area contributed by atoms with E-state index in [0.29, 0.717) is 6.61 Å². The van der Waals surface area contributed by atoms with Gasteiger partial charge in [0.15, 0.2) is 0 Å². The average molecular weight is 347 g/mol. The number of hydrogen-bond donors (Lipinski definition) is 1. The van der Waals surface area contributed by atoms with E-state index in [1.807, 2.05) is 18.3 Å². The Morgan fingerprint density at radius 2 is 2.14 bits per heavy atom. The van der Waals surface area contributed by atoms with Gasteiger partial charge < -0.3 is 10.1 Å². The summed E-state index contributed by atoms with van der Waals surface area (Å²) >= 11 is 3.59. The second-order valence-corrected chi connectivity index (χ2v) is 6.23. The van der Waals surface area contributed by atoms with E-state index < -0.39 is 0 Å². The lowest BCUT2D eigenvalue weighted by molar-refractivity contribution is 0.319. The molecule has 1 N–H and O–H groups in total. The van der Waals surface area contributed by atoms with Gasteiger partial charge in [0.1, 0.15) is 5.75 Å². The van der Waals surface area contributed by atoms with E-state index in [-0.39, 0.29) is 0 Å². The molecule has 3 nitrogen and oxygen atoms in total. The van der Waals surface area contributed by atoms with E-state index in [9.17, 15) is 0 Å². The van der Waals surface area contributed by atoms with Crippen molar-refractivity contribution in [2.24, 2.45) is 0 Å². The van der Waals surface area contributed by atoms with E-state index in [4.69, 9.17) is 4.74 Å². The molecule has 2 aromatic rings. The van der Waals surface area contributed by atoms with Crippen LogP contribution in [0, 0.1) is 0 Å². The number of pyridine rings is 1. The monoisotopic (exact) mass is 346 g/mol. The van der Waals surface area contributed by atoms with Crippen molar-refractivity contribution in [3.63, 3.8) is 0 Å². The molecule has 1 aromatic heterocycles. The molecule has 0 unspecified atom stereocenters. The van der Waals surface area contributed by atoms with Gasteiger partial charge in [0, 0.05) is 31.4 Å². The molecular weight excluding hydrogens is 328 g/mol. The van der Waals surface area contributed by atoms with Gasteiger partial charge >= 0.3 is 0 Å². The van der Waals surface area contributed by atoms with Gasteiger partial charge in [0.25, 0.3) is 0 Å². The zero-order valence-corrected chi connectivity index (χ0v) is 13.5. The molecule has 110 valence electrons. The Balaban J connectivity index is 1.50. The van der Waals surface area contributed by atoms with E-state index in [2.05, 4.69) is 44.4 Å². The molecule has 1 fully saturated rings. The van der Waals surface area contributed by atoms with Gasteiger partial charge in [-0.3, -0.25) is 4.98 Å². The fourth-order valence-electron chi connectivity index (χ4n) is 2.15. The van der Waals surface area contributed by atoms with E-state index >= 15 is 0 Å². The normalized spacial score (nSPS) is 14.1. The first-order valence-electron chi connectivity index (χ1n) is 7.35. The van der Waals surface area contributed by atoms with Gasteiger partial charge in [-0.25, -0.2) is 0 Å². The maximum Gasteiger partial charge on any atom is 0.133 e. The molecule has 4 heteroatoms. The molecule has 3 rings (SSSR count). The molecule has 0 bridgehead atoms. The summed E-state index contributed by atoms with van der Waals surface area (Å²) in [6, 6.07) is 11.1. The van der Waals surface area contributed by atoms with E-state index in [1.165, 1.54) is 24.0 Å². The maximum absolute atomic E-state index is 5.84. The quantitative estimate of drug-likeness (QED) is 0.829. The highest BCUT2D eigenvalue weighted by atomic mass is 79.9. The van der Waals surface area contributed by atoms with Gasteiger partial charge in [0.2, 0.25) is 0 Å². The summed E-state index contributed by atoms with van der Waals surface area (Å²) < 4.78 is 6.86. The third kappa shape index (κ3) is 4.55. The molecule has 0 aliphatic heterocycles. The second kappa shape index (κ2) is 7.05. The average Bonchev–Trinajstić information content (AvgIpc) is 3.32. The van der Waals surface area contributed by atoms with Crippen molar-refractivity contribution in [1.82, 2.24) is 10.3 Å². The molecule has 0 saturated heterocycles. The van der Waals surface area contributed by atoms with Crippen molar-refractivity contribution in [3.8, 4) is 5.75 Å². The van der Waals surface area contributed by atoms with Crippen molar-refractivity contribution in [3.05, 3.63) is 58.3 Å². The number of nitrogens with zero attached hydrogens (tertiary/aromatic N) is 1. The Labute approximate surface area is 133 Å². The number of aromatic nitrogens is 1. The Hall–Kier alpha value is -1.39. The van der Waals surface area contributed by atoms with Gasteiger partial charge in [-0.05, 0) is 58.1 Å². The highest BCUT2D eigenvalue weighted by Crippen LogP contribution is 2.27. The molecule has 1 aliphatic rings. The van der Waals surface area contributed by atoms with Gasteiger partial charge in [-0.1, -0.05) is 12.1 Å². The highest BCUT2D eigenvalue weighted by Gasteiger charge is 2.19. The Bertz CT molecular complexity index is 585. The lowest BCUT2D eigenvalue weighted by Gasteiger charge is -2.10. The molecule has 21 heavy (non-hydrogen) atoms. The number of benzene rings is 1. The van der Waals surface area contributed by atoms with Crippen LogP contribution < -0.4 is 10.1 Å². The Morgan fingerprint density at radius 3 is 2.86 bits per heavy atom. The van der Waals surface area contributed by atoms with Crippen LogP contribution in [0.3, 0.4) is 0 Å². The van der Waals surface area contributed by atoms with Crippen LogP contribution in [0.5, 0.6) is 5.75 Å². The van der Waals surface area contributed by atoms with Crippen molar-refractivity contribution in [2.45, 2.75) is 31.8 Å². The number of ether oxygens (including phenoxy) is 1. The summed E-state index contributed by atoms with van der Waals surface area (Å²) in [6.07, 6.45) is 7.17. The lowest BCUT2D eigenvalue weighted by Crippen LogP contribution is -2.15. The van der Waals surface area contributed by atoms with Crippen LogP contribution in [-0.4, -0.2) is 17.6 Å². The molecular formula is C17H19BrN2O. The Kier molecular flexibility index (Phi) is 4.88. The summed E-state index contributed by atoms with van der Waals surface area (Å²) in [5, 5.41) is 3.52. The van der Waals surface area contributed by atoms with Gasteiger partial charge in [-0.2, -0.15) is 0 Å². The predicted molar refractivity (Wildman–Crippen MR) is 87.4 cm³/mol. The molecule has 1 saturated carbocycles. The van der Waals surface area contributed by atoms with Crippen LogP contribution in [0.4, 0.5) is 0 Å². The molecule has 0 atom stereocenters. The minimum absolute atomic E-state index is 0.657. The maximum atomic E-state index is 5.84. The summed E-state index contributed by atoms with van der Waals surface area (Å²) in [6.45, 7) is 1.59. The smallest absolute Gasteiger partial charge is 0.133 e. The number of rotatable bonds is 7. The van der Waals surface area contributed by atoms with E-state index in [1.54, 1.807) is 6.20 Å². The summed E-state index contributed by atoms with van der Waals surface area (Å²) in [5.41, 5.74) is 2.48. The zero-order chi connectivity index (χ0) is 14.5. The molecule has 0 radical (unpaired) electrons. The van der Waals surface area contributed by atoms with Crippen molar-refractivity contribution >= 4 is 15.9 Å². The Morgan fingerprint density at radius 1 is 1.24 bits per heavy atom. The summed E-state index contributed by atoms with van der Waals surface area (Å²) in [7, 11) is 0. The van der Waals surface area contributed by atoms with Crippen LogP contribution in [0.15, 0.2) is 47.2 Å². The number of nitrogens with one attached hydrogen (secondary N) is 1. The summed E-state index contributed by atoms with van der Waals surface area (Å²) in [5.74, 6) is 0.897. The van der Waals surface area contributed by atoms with Crippen molar-refractivity contribution < 1.29 is 4.74 Å². The predicted octanol–water partition coefficient (Wildman–Crippen LogP) is 3.72. The van der Waals surface area contributed by atoms with Crippen LogP contribution in [-0.2, 0) is 13.0 Å². The number of halogens is 1. The van der Waals surface area contributed by atoms with E-state index in [0.717, 1.165) is 29.2 Å². The lowest BCUT2D eigenvalue weighted by atomic mass is 10.2. The SMILES string of the molecule is Brc1cc(CNC2CC2)ccc1OCCc1cccnc1. The van der Waals surface area contributed by atoms with Crippen molar-refractivity contribution in [2.75, 3.05) is 6.61 Å². The highest BCUT2D eigenvalue weighted by molar-refractivity contribution is 9.10. The van der Waals surface area contributed by atoms with Crippen LogP contribution in [0.25, 0.3) is 0 Å². The third-order valence-corrected chi connectivity index (χ3v) is 4.16. The largest absolute Gasteiger partial charge is 0.492 e.